The lowest BCUT2D eigenvalue weighted by molar-refractivity contribution is -0.118. The van der Waals surface area contributed by atoms with E-state index in [4.69, 9.17) is 4.74 Å². The number of carbonyl (C=O) groups is 2. The molecule has 0 radical (unpaired) electrons. The van der Waals surface area contributed by atoms with Crippen molar-refractivity contribution in [2.45, 2.75) is 39.5 Å². The molecule has 0 spiro atoms. The van der Waals surface area contributed by atoms with Gasteiger partial charge < -0.3 is 10.1 Å². The van der Waals surface area contributed by atoms with E-state index in [1.807, 2.05) is 18.2 Å². The Hall–Kier alpha value is -2.62. The van der Waals surface area contributed by atoms with Gasteiger partial charge in [0.1, 0.15) is 12.0 Å². The highest BCUT2D eigenvalue weighted by molar-refractivity contribution is 5.93. The van der Waals surface area contributed by atoms with Crippen molar-refractivity contribution in [2.75, 3.05) is 11.9 Å². The fourth-order valence-corrected chi connectivity index (χ4v) is 2.70. The average molecular weight is 339 g/mol. The summed E-state index contributed by atoms with van der Waals surface area (Å²) < 4.78 is 5.51. The van der Waals surface area contributed by atoms with E-state index in [2.05, 4.69) is 33.0 Å². The van der Waals surface area contributed by atoms with Crippen LogP contribution in [0, 0.1) is 0 Å². The number of nitrogens with one attached hydrogen (secondary N) is 1. The molecule has 2 aromatic rings. The molecular formula is C21H25NO3. The van der Waals surface area contributed by atoms with Crippen molar-refractivity contribution in [2.24, 2.45) is 0 Å². The van der Waals surface area contributed by atoms with Crippen molar-refractivity contribution in [3.05, 3.63) is 59.2 Å². The maximum atomic E-state index is 12.4. The Kier molecular flexibility index (Phi) is 6.34. The number of anilines is 1. The zero-order valence-corrected chi connectivity index (χ0v) is 15.2. The van der Waals surface area contributed by atoms with Crippen molar-refractivity contribution >= 4 is 17.9 Å². The summed E-state index contributed by atoms with van der Waals surface area (Å²) in [5.74, 6) is 0.894. The largest absolute Gasteiger partial charge is 0.484 e. The maximum absolute atomic E-state index is 12.4. The fourth-order valence-electron chi connectivity index (χ4n) is 2.70. The molecule has 0 aliphatic carbocycles. The molecule has 132 valence electrons. The first kappa shape index (κ1) is 18.7. The standard InChI is InChI=1S/C21H25NO3/c1-14(2)18-9-6-10-19(15(3)4)21(18)22-20(24)13-25-17-8-5-7-16(11-17)12-23/h5-12,14-15H,13H2,1-4H3,(H,22,24). The Balaban J connectivity index is 2.13. The molecule has 4 heteroatoms. The number of hydrogen-bond acceptors (Lipinski definition) is 3. The number of benzene rings is 2. The topological polar surface area (TPSA) is 55.4 Å². The predicted molar refractivity (Wildman–Crippen MR) is 101 cm³/mol. The van der Waals surface area contributed by atoms with Gasteiger partial charge in [0.25, 0.3) is 5.91 Å². The van der Waals surface area contributed by atoms with Crippen molar-refractivity contribution in [3.63, 3.8) is 0 Å². The summed E-state index contributed by atoms with van der Waals surface area (Å²) in [6, 6.07) is 12.9. The van der Waals surface area contributed by atoms with Gasteiger partial charge in [0.05, 0.1) is 0 Å². The van der Waals surface area contributed by atoms with E-state index in [1.54, 1.807) is 24.3 Å². The van der Waals surface area contributed by atoms with Crippen LogP contribution in [0.3, 0.4) is 0 Å². The Bertz CT molecular complexity index is 724. The number of hydrogen-bond donors (Lipinski definition) is 1. The van der Waals surface area contributed by atoms with Crippen molar-refractivity contribution < 1.29 is 14.3 Å². The van der Waals surface area contributed by atoms with Crippen molar-refractivity contribution in [1.82, 2.24) is 0 Å². The molecule has 2 rings (SSSR count). The summed E-state index contributed by atoms with van der Waals surface area (Å²) in [7, 11) is 0. The summed E-state index contributed by atoms with van der Waals surface area (Å²) in [5.41, 5.74) is 3.62. The molecule has 1 N–H and O–H groups in total. The van der Waals surface area contributed by atoms with Crippen LogP contribution in [0.5, 0.6) is 5.75 Å². The highest BCUT2D eigenvalue weighted by Crippen LogP contribution is 2.32. The van der Waals surface area contributed by atoms with Gasteiger partial charge >= 0.3 is 0 Å². The summed E-state index contributed by atoms with van der Waals surface area (Å²) in [5, 5.41) is 3.01. The van der Waals surface area contributed by atoms with Gasteiger partial charge in [-0.3, -0.25) is 9.59 Å². The smallest absolute Gasteiger partial charge is 0.262 e. The average Bonchev–Trinajstić information content (AvgIpc) is 2.60. The highest BCUT2D eigenvalue weighted by Gasteiger charge is 2.16. The molecular weight excluding hydrogens is 314 g/mol. The molecule has 0 saturated carbocycles. The lowest BCUT2D eigenvalue weighted by atomic mass is 9.92. The number of ether oxygens (including phenoxy) is 1. The van der Waals surface area contributed by atoms with Crippen molar-refractivity contribution in [3.8, 4) is 5.75 Å². The van der Waals surface area contributed by atoms with Gasteiger partial charge in [0.15, 0.2) is 6.61 Å². The zero-order chi connectivity index (χ0) is 18.4. The lowest BCUT2D eigenvalue weighted by Gasteiger charge is -2.20. The van der Waals surface area contributed by atoms with Crippen molar-refractivity contribution in [1.29, 1.82) is 0 Å². The summed E-state index contributed by atoms with van der Waals surface area (Å²) in [4.78, 5) is 23.2. The second-order valence-electron chi connectivity index (χ2n) is 6.65. The SMILES string of the molecule is CC(C)c1cccc(C(C)C)c1NC(=O)COc1cccc(C=O)c1. The van der Waals surface area contributed by atoms with Crippen LogP contribution in [-0.4, -0.2) is 18.8 Å². The Morgan fingerprint density at radius 2 is 1.64 bits per heavy atom. The third-order valence-corrected chi connectivity index (χ3v) is 4.00. The monoisotopic (exact) mass is 339 g/mol. The summed E-state index contributed by atoms with van der Waals surface area (Å²) in [6.07, 6.45) is 0.751. The molecule has 1 amide bonds. The molecule has 0 heterocycles. The molecule has 2 aromatic carbocycles. The van der Waals surface area contributed by atoms with Crippen LogP contribution >= 0.6 is 0 Å². The lowest BCUT2D eigenvalue weighted by Crippen LogP contribution is -2.22. The summed E-state index contributed by atoms with van der Waals surface area (Å²) >= 11 is 0. The molecule has 0 aliphatic rings. The zero-order valence-electron chi connectivity index (χ0n) is 15.2. The molecule has 4 nitrogen and oxygen atoms in total. The molecule has 25 heavy (non-hydrogen) atoms. The second kappa shape index (κ2) is 8.47. The van der Waals surface area contributed by atoms with Crippen LogP contribution in [-0.2, 0) is 4.79 Å². The van der Waals surface area contributed by atoms with Gasteiger partial charge in [0.2, 0.25) is 0 Å². The van der Waals surface area contributed by atoms with Gasteiger partial charge in [-0.15, -0.1) is 0 Å². The first-order valence-corrected chi connectivity index (χ1v) is 8.53. The van der Waals surface area contributed by atoms with E-state index >= 15 is 0 Å². The van der Waals surface area contributed by atoms with Gasteiger partial charge in [-0.2, -0.15) is 0 Å². The Labute approximate surface area is 149 Å². The van der Waals surface area contributed by atoms with Gasteiger partial charge in [-0.05, 0) is 35.1 Å². The van der Waals surface area contributed by atoms with Gasteiger partial charge in [0, 0.05) is 11.3 Å². The van der Waals surface area contributed by atoms with Crippen LogP contribution in [0.4, 0.5) is 5.69 Å². The first-order valence-electron chi connectivity index (χ1n) is 8.53. The number of rotatable bonds is 7. The van der Waals surface area contributed by atoms with Gasteiger partial charge in [-0.1, -0.05) is 58.0 Å². The van der Waals surface area contributed by atoms with E-state index in [0.29, 0.717) is 23.1 Å². The predicted octanol–water partition coefficient (Wildman–Crippen LogP) is 4.76. The fraction of sp³-hybridized carbons (Fsp3) is 0.333. The third kappa shape index (κ3) is 4.92. The van der Waals surface area contributed by atoms with E-state index in [0.717, 1.165) is 23.1 Å². The molecule has 0 atom stereocenters. The van der Waals surface area contributed by atoms with Crippen LogP contribution in [0.1, 0.15) is 61.0 Å². The normalized spacial score (nSPS) is 10.8. The minimum absolute atomic E-state index is 0.105. The third-order valence-electron chi connectivity index (χ3n) is 4.00. The summed E-state index contributed by atoms with van der Waals surface area (Å²) in [6.45, 7) is 8.33. The van der Waals surface area contributed by atoms with E-state index in [-0.39, 0.29) is 12.5 Å². The molecule has 0 saturated heterocycles. The van der Waals surface area contributed by atoms with Crippen LogP contribution in [0.25, 0.3) is 0 Å². The Morgan fingerprint density at radius 1 is 1.04 bits per heavy atom. The van der Waals surface area contributed by atoms with Gasteiger partial charge in [-0.25, -0.2) is 0 Å². The number of aldehydes is 1. The number of para-hydroxylation sites is 1. The second-order valence-corrected chi connectivity index (χ2v) is 6.65. The quantitative estimate of drug-likeness (QED) is 0.740. The minimum Gasteiger partial charge on any atom is -0.484 e. The van der Waals surface area contributed by atoms with Crippen LogP contribution in [0.2, 0.25) is 0 Å². The van der Waals surface area contributed by atoms with E-state index in [1.165, 1.54) is 0 Å². The molecule has 0 fully saturated rings. The van der Waals surface area contributed by atoms with Crippen LogP contribution in [0.15, 0.2) is 42.5 Å². The molecule has 0 aliphatic heterocycles. The van der Waals surface area contributed by atoms with E-state index < -0.39 is 0 Å². The molecule has 0 unspecified atom stereocenters. The molecule has 0 bridgehead atoms. The molecule has 0 aromatic heterocycles. The number of carbonyl (C=O) groups excluding carboxylic acids is 2. The maximum Gasteiger partial charge on any atom is 0.262 e. The highest BCUT2D eigenvalue weighted by atomic mass is 16.5. The Morgan fingerprint density at radius 3 is 2.20 bits per heavy atom. The minimum atomic E-state index is -0.216. The van der Waals surface area contributed by atoms with E-state index in [9.17, 15) is 9.59 Å². The van der Waals surface area contributed by atoms with Crippen LogP contribution < -0.4 is 10.1 Å². The number of amides is 1. The first-order chi connectivity index (χ1) is 11.9.